The zero-order chi connectivity index (χ0) is 16.2. The SMILES string of the molecule is NC(=O)C(NC(=O)C1COc2ccccc2O1)c1ccccc1. The van der Waals surface area contributed by atoms with Gasteiger partial charge in [-0.25, -0.2) is 0 Å². The molecule has 3 rings (SSSR count). The first-order valence-electron chi connectivity index (χ1n) is 7.18. The molecule has 2 aromatic carbocycles. The molecule has 0 radical (unpaired) electrons. The predicted octanol–water partition coefficient (Wildman–Crippen LogP) is 1.17. The van der Waals surface area contributed by atoms with Crippen LogP contribution in [0.25, 0.3) is 0 Å². The molecule has 118 valence electrons. The van der Waals surface area contributed by atoms with Gasteiger partial charge in [0.15, 0.2) is 11.5 Å². The molecule has 1 aliphatic heterocycles. The van der Waals surface area contributed by atoms with Crippen LogP contribution in [-0.4, -0.2) is 24.5 Å². The zero-order valence-corrected chi connectivity index (χ0v) is 12.3. The highest BCUT2D eigenvalue weighted by atomic mass is 16.6. The first kappa shape index (κ1) is 14.9. The lowest BCUT2D eigenvalue weighted by atomic mass is 10.1. The third-order valence-corrected chi connectivity index (χ3v) is 3.51. The maximum Gasteiger partial charge on any atom is 0.265 e. The molecule has 2 aromatic rings. The Bertz CT molecular complexity index is 718. The van der Waals surface area contributed by atoms with Crippen molar-refractivity contribution in [1.29, 1.82) is 0 Å². The molecule has 6 nitrogen and oxygen atoms in total. The fourth-order valence-electron chi connectivity index (χ4n) is 2.35. The number of nitrogens with one attached hydrogen (secondary N) is 1. The van der Waals surface area contributed by atoms with E-state index in [1.165, 1.54) is 0 Å². The summed E-state index contributed by atoms with van der Waals surface area (Å²) in [5, 5.41) is 2.61. The minimum Gasteiger partial charge on any atom is -0.485 e. The predicted molar refractivity (Wildman–Crippen MR) is 82.9 cm³/mol. The first-order valence-corrected chi connectivity index (χ1v) is 7.18. The molecule has 2 unspecified atom stereocenters. The van der Waals surface area contributed by atoms with E-state index in [4.69, 9.17) is 15.2 Å². The number of carbonyl (C=O) groups is 2. The Balaban J connectivity index is 1.72. The van der Waals surface area contributed by atoms with Gasteiger partial charge < -0.3 is 20.5 Å². The minimum absolute atomic E-state index is 0.0725. The van der Waals surface area contributed by atoms with Crippen LogP contribution in [0, 0.1) is 0 Å². The van der Waals surface area contributed by atoms with E-state index in [2.05, 4.69) is 5.32 Å². The van der Waals surface area contributed by atoms with E-state index in [1.54, 1.807) is 42.5 Å². The molecule has 0 aromatic heterocycles. The molecule has 0 spiro atoms. The van der Waals surface area contributed by atoms with Crippen LogP contribution in [0.5, 0.6) is 11.5 Å². The molecule has 3 N–H and O–H groups in total. The van der Waals surface area contributed by atoms with Crippen molar-refractivity contribution in [3.63, 3.8) is 0 Å². The Morgan fingerprint density at radius 3 is 2.39 bits per heavy atom. The lowest BCUT2D eigenvalue weighted by Crippen LogP contribution is -2.47. The molecule has 1 heterocycles. The van der Waals surface area contributed by atoms with Crippen LogP contribution in [0.1, 0.15) is 11.6 Å². The third-order valence-electron chi connectivity index (χ3n) is 3.51. The number of benzene rings is 2. The van der Waals surface area contributed by atoms with Gasteiger partial charge in [-0.2, -0.15) is 0 Å². The lowest BCUT2D eigenvalue weighted by Gasteiger charge is -2.27. The van der Waals surface area contributed by atoms with E-state index in [1.807, 2.05) is 12.1 Å². The molecule has 0 saturated carbocycles. The molecular formula is C17H16N2O4. The summed E-state index contributed by atoms with van der Waals surface area (Å²) in [7, 11) is 0. The van der Waals surface area contributed by atoms with E-state index in [-0.39, 0.29) is 6.61 Å². The van der Waals surface area contributed by atoms with Gasteiger partial charge in [0.2, 0.25) is 12.0 Å². The van der Waals surface area contributed by atoms with Crippen LogP contribution < -0.4 is 20.5 Å². The Hall–Kier alpha value is -3.02. The molecule has 2 amide bonds. The third kappa shape index (κ3) is 3.26. The van der Waals surface area contributed by atoms with Crippen LogP contribution in [-0.2, 0) is 9.59 Å². The number of amides is 2. The van der Waals surface area contributed by atoms with Crippen molar-refractivity contribution in [3.8, 4) is 11.5 Å². The van der Waals surface area contributed by atoms with E-state index in [0.717, 1.165) is 0 Å². The molecule has 0 aliphatic carbocycles. The number of fused-ring (bicyclic) bond motifs is 1. The maximum atomic E-state index is 12.4. The van der Waals surface area contributed by atoms with Crippen LogP contribution in [0.3, 0.4) is 0 Å². The average molecular weight is 312 g/mol. The van der Waals surface area contributed by atoms with Crippen molar-refractivity contribution < 1.29 is 19.1 Å². The van der Waals surface area contributed by atoms with Crippen LogP contribution >= 0.6 is 0 Å². The number of para-hydroxylation sites is 2. The first-order chi connectivity index (χ1) is 11.1. The Labute approximate surface area is 133 Å². The second-order valence-electron chi connectivity index (χ2n) is 5.12. The van der Waals surface area contributed by atoms with Gasteiger partial charge in [0.1, 0.15) is 12.6 Å². The number of ether oxygens (including phenoxy) is 2. The van der Waals surface area contributed by atoms with E-state index < -0.39 is 24.0 Å². The van der Waals surface area contributed by atoms with Gasteiger partial charge in [-0.3, -0.25) is 9.59 Å². The highest BCUT2D eigenvalue weighted by Crippen LogP contribution is 2.31. The lowest BCUT2D eigenvalue weighted by molar-refractivity contribution is -0.134. The maximum absolute atomic E-state index is 12.4. The molecule has 0 bridgehead atoms. The van der Waals surface area contributed by atoms with E-state index >= 15 is 0 Å². The molecular weight excluding hydrogens is 296 g/mol. The van der Waals surface area contributed by atoms with Gasteiger partial charge in [-0.15, -0.1) is 0 Å². The summed E-state index contributed by atoms with van der Waals surface area (Å²) in [5.41, 5.74) is 6.01. The summed E-state index contributed by atoms with van der Waals surface area (Å²) in [6, 6.07) is 15.0. The summed E-state index contributed by atoms with van der Waals surface area (Å²) >= 11 is 0. The quantitative estimate of drug-likeness (QED) is 0.886. The van der Waals surface area contributed by atoms with E-state index in [0.29, 0.717) is 17.1 Å². The Kier molecular flexibility index (Phi) is 4.14. The summed E-state index contributed by atoms with van der Waals surface area (Å²) in [6.45, 7) is 0.0725. The van der Waals surface area contributed by atoms with Gasteiger partial charge in [0.25, 0.3) is 5.91 Å². The molecule has 6 heteroatoms. The number of rotatable bonds is 4. The fourth-order valence-corrected chi connectivity index (χ4v) is 2.35. The van der Waals surface area contributed by atoms with Gasteiger partial charge in [-0.05, 0) is 17.7 Å². The van der Waals surface area contributed by atoms with Crippen molar-refractivity contribution in [3.05, 3.63) is 60.2 Å². The normalized spacial score (nSPS) is 17.1. The number of hydrogen-bond acceptors (Lipinski definition) is 4. The van der Waals surface area contributed by atoms with Gasteiger partial charge >= 0.3 is 0 Å². The molecule has 0 fully saturated rings. The molecule has 0 saturated heterocycles. The monoisotopic (exact) mass is 312 g/mol. The minimum atomic E-state index is -0.913. The largest absolute Gasteiger partial charge is 0.485 e. The Morgan fingerprint density at radius 1 is 1.04 bits per heavy atom. The highest BCUT2D eigenvalue weighted by molar-refractivity contribution is 5.89. The molecule has 23 heavy (non-hydrogen) atoms. The highest BCUT2D eigenvalue weighted by Gasteiger charge is 2.30. The van der Waals surface area contributed by atoms with Gasteiger partial charge in [-0.1, -0.05) is 42.5 Å². The molecule has 2 atom stereocenters. The summed E-state index contributed by atoms with van der Waals surface area (Å²) in [5.74, 6) is -0.00543. The standard InChI is InChI=1S/C17H16N2O4/c18-16(20)15(11-6-2-1-3-7-11)19-17(21)14-10-22-12-8-4-5-9-13(12)23-14/h1-9,14-15H,10H2,(H2,18,20)(H,19,21). The summed E-state index contributed by atoms with van der Waals surface area (Å²) < 4.78 is 11.1. The Morgan fingerprint density at radius 2 is 1.70 bits per heavy atom. The fraction of sp³-hybridized carbons (Fsp3) is 0.176. The smallest absolute Gasteiger partial charge is 0.265 e. The second-order valence-corrected chi connectivity index (χ2v) is 5.12. The van der Waals surface area contributed by atoms with Crippen molar-refractivity contribution in [1.82, 2.24) is 5.32 Å². The number of nitrogens with two attached hydrogens (primary N) is 1. The number of primary amides is 1. The van der Waals surface area contributed by atoms with Crippen molar-refractivity contribution in [2.45, 2.75) is 12.1 Å². The zero-order valence-electron chi connectivity index (χ0n) is 12.3. The number of hydrogen-bond donors (Lipinski definition) is 2. The topological polar surface area (TPSA) is 90.7 Å². The van der Waals surface area contributed by atoms with Crippen molar-refractivity contribution >= 4 is 11.8 Å². The number of carbonyl (C=O) groups excluding carboxylic acids is 2. The summed E-state index contributed by atoms with van der Waals surface area (Å²) in [4.78, 5) is 24.0. The van der Waals surface area contributed by atoms with Crippen LogP contribution in [0.4, 0.5) is 0 Å². The second kappa shape index (κ2) is 6.39. The van der Waals surface area contributed by atoms with Gasteiger partial charge in [0.05, 0.1) is 0 Å². The van der Waals surface area contributed by atoms with E-state index in [9.17, 15) is 9.59 Å². The average Bonchev–Trinajstić information content (AvgIpc) is 2.59. The van der Waals surface area contributed by atoms with Crippen molar-refractivity contribution in [2.75, 3.05) is 6.61 Å². The summed E-state index contributed by atoms with van der Waals surface area (Å²) in [6.07, 6.45) is -0.838. The van der Waals surface area contributed by atoms with Crippen molar-refractivity contribution in [2.24, 2.45) is 5.73 Å². The molecule has 1 aliphatic rings. The van der Waals surface area contributed by atoms with Gasteiger partial charge in [0, 0.05) is 0 Å². The van der Waals surface area contributed by atoms with Crippen LogP contribution in [0.2, 0.25) is 0 Å². The van der Waals surface area contributed by atoms with Crippen LogP contribution in [0.15, 0.2) is 54.6 Å².